The molecule has 1 atom stereocenters. The number of fused-ring (bicyclic) bond motifs is 1. The average molecular weight is 428 g/mol. The van der Waals surface area contributed by atoms with Gasteiger partial charge in [0, 0.05) is 23.2 Å². The fourth-order valence-electron chi connectivity index (χ4n) is 4.59. The fraction of sp³-hybridized carbons (Fsp3) is 0.364. The smallest absolute Gasteiger partial charge is 0.241 e. The minimum absolute atomic E-state index is 0.0981. The number of carbonyl (C=O) groups is 1. The van der Waals surface area contributed by atoms with Gasteiger partial charge in [-0.05, 0) is 43.2 Å². The number of aromatic amines is 1. The van der Waals surface area contributed by atoms with Gasteiger partial charge in [0.1, 0.15) is 11.6 Å². The maximum atomic E-state index is 13.5. The van der Waals surface area contributed by atoms with Crippen molar-refractivity contribution in [2.45, 2.75) is 48.6 Å². The summed E-state index contributed by atoms with van der Waals surface area (Å²) in [4.78, 5) is 23.2. The van der Waals surface area contributed by atoms with E-state index in [4.69, 9.17) is 11.6 Å². The summed E-state index contributed by atoms with van der Waals surface area (Å²) in [5.74, 6) is 1.08. The number of hydrogen-bond donors (Lipinski definition) is 2. The number of amides is 1. The number of carbonyl (C=O) groups excluding carboxylic acids is 1. The number of rotatable bonds is 3. The number of phenols is 1. The molecular weight excluding hydrogens is 406 g/mol. The van der Waals surface area contributed by atoms with Crippen LogP contribution in [-0.2, 0) is 11.2 Å². The monoisotopic (exact) mass is 427 g/mol. The molecule has 5 rings (SSSR count). The Labute approximate surface area is 178 Å². The normalized spacial score (nSPS) is 21.3. The van der Waals surface area contributed by atoms with Crippen LogP contribution in [0.15, 0.2) is 42.5 Å². The van der Waals surface area contributed by atoms with E-state index in [-0.39, 0.29) is 21.8 Å². The second-order valence-corrected chi connectivity index (χ2v) is 9.86. The molecule has 1 saturated heterocycles. The number of anilines is 1. The third kappa shape index (κ3) is 3.38. The summed E-state index contributed by atoms with van der Waals surface area (Å²) in [5.41, 5.74) is 2.53. The Bertz CT molecular complexity index is 1080. The predicted octanol–water partition coefficient (Wildman–Crippen LogP) is 5.27. The van der Waals surface area contributed by atoms with Gasteiger partial charge in [-0.3, -0.25) is 9.69 Å². The van der Waals surface area contributed by atoms with E-state index in [0.717, 1.165) is 48.2 Å². The lowest BCUT2D eigenvalue weighted by Crippen LogP contribution is -2.46. The zero-order chi connectivity index (χ0) is 20.0. The van der Waals surface area contributed by atoms with Gasteiger partial charge in [0.15, 0.2) is 0 Å². The quantitative estimate of drug-likeness (QED) is 0.597. The summed E-state index contributed by atoms with van der Waals surface area (Å²) >= 11 is 7.85. The molecule has 2 N–H and O–H groups in total. The van der Waals surface area contributed by atoms with Crippen LogP contribution in [0.4, 0.5) is 5.69 Å². The SMILES string of the molecule is O=C1C(Cc2nc3ccc(Cl)cc3[nH]2)SC2(CCCCC2)N1c1cccc(O)c1. The van der Waals surface area contributed by atoms with Crippen LogP contribution in [0.1, 0.15) is 37.9 Å². The summed E-state index contributed by atoms with van der Waals surface area (Å²) in [5, 5.41) is 10.4. The predicted molar refractivity (Wildman–Crippen MR) is 118 cm³/mol. The van der Waals surface area contributed by atoms with Crippen LogP contribution in [0.2, 0.25) is 5.02 Å². The van der Waals surface area contributed by atoms with Crippen LogP contribution in [0.25, 0.3) is 11.0 Å². The Morgan fingerprint density at radius 1 is 1.21 bits per heavy atom. The summed E-state index contributed by atoms with van der Waals surface area (Å²) in [6.07, 6.45) is 5.94. The van der Waals surface area contributed by atoms with Crippen molar-refractivity contribution in [2.75, 3.05) is 4.90 Å². The van der Waals surface area contributed by atoms with Gasteiger partial charge in [-0.25, -0.2) is 4.98 Å². The van der Waals surface area contributed by atoms with Crippen molar-refractivity contribution >= 4 is 46.0 Å². The van der Waals surface area contributed by atoms with Crippen molar-refractivity contribution in [1.82, 2.24) is 9.97 Å². The first-order valence-corrected chi connectivity index (χ1v) is 11.2. The third-order valence-electron chi connectivity index (χ3n) is 5.86. The number of aromatic nitrogens is 2. The Kier molecular flexibility index (Phi) is 4.71. The largest absolute Gasteiger partial charge is 0.508 e. The second kappa shape index (κ2) is 7.26. The minimum Gasteiger partial charge on any atom is -0.508 e. The van der Waals surface area contributed by atoms with Crippen molar-refractivity contribution in [2.24, 2.45) is 0 Å². The minimum atomic E-state index is -0.233. The van der Waals surface area contributed by atoms with Crippen LogP contribution in [-0.4, -0.2) is 31.1 Å². The lowest BCUT2D eigenvalue weighted by molar-refractivity contribution is -0.118. The molecule has 1 unspecified atom stereocenters. The number of H-pyrrole nitrogens is 1. The molecule has 2 aromatic carbocycles. The number of aromatic hydroxyl groups is 1. The maximum absolute atomic E-state index is 13.5. The average Bonchev–Trinajstić information content (AvgIpc) is 3.20. The Balaban J connectivity index is 1.48. The summed E-state index contributed by atoms with van der Waals surface area (Å²) in [6.45, 7) is 0. The number of hydrogen-bond acceptors (Lipinski definition) is 4. The van der Waals surface area contributed by atoms with Gasteiger partial charge >= 0.3 is 0 Å². The van der Waals surface area contributed by atoms with Crippen LogP contribution < -0.4 is 4.90 Å². The fourth-order valence-corrected chi connectivity index (χ4v) is 6.56. The molecule has 2 heterocycles. The molecule has 2 fully saturated rings. The molecule has 5 nitrogen and oxygen atoms in total. The highest BCUT2D eigenvalue weighted by molar-refractivity contribution is 8.02. The number of phenolic OH excluding ortho intramolecular Hbond substituents is 1. The van der Waals surface area contributed by atoms with Crippen LogP contribution in [0.5, 0.6) is 5.75 Å². The molecule has 2 aliphatic rings. The van der Waals surface area contributed by atoms with Crippen molar-refractivity contribution in [3.8, 4) is 5.75 Å². The van der Waals surface area contributed by atoms with E-state index in [2.05, 4.69) is 9.97 Å². The van der Waals surface area contributed by atoms with Crippen molar-refractivity contribution in [3.63, 3.8) is 0 Å². The number of nitrogens with zero attached hydrogens (tertiary/aromatic N) is 2. The van der Waals surface area contributed by atoms with Gasteiger partial charge in [-0.1, -0.05) is 36.9 Å². The maximum Gasteiger partial charge on any atom is 0.241 e. The first kappa shape index (κ1) is 18.8. The van der Waals surface area contributed by atoms with E-state index in [1.165, 1.54) is 6.42 Å². The molecule has 1 saturated carbocycles. The molecule has 7 heteroatoms. The molecule has 1 amide bonds. The van der Waals surface area contributed by atoms with Crippen molar-refractivity contribution in [1.29, 1.82) is 0 Å². The number of benzene rings is 2. The van der Waals surface area contributed by atoms with E-state index in [0.29, 0.717) is 11.4 Å². The van der Waals surface area contributed by atoms with Gasteiger partial charge in [0.25, 0.3) is 0 Å². The van der Waals surface area contributed by atoms with Gasteiger partial charge in [0.05, 0.1) is 21.2 Å². The van der Waals surface area contributed by atoms with Crippen molar-refractivity contribution in [3.05, 3.63) is 53.3 Å². The number of nitrogens with one attached hydrogen (secondary N) is 1. The molecule has 150 valence electrons. The molecule has 0 bridgehead atoms. The van der Waals surface area contributed by atoms with Gasteiger partial charge in [0.2, 0.25) is 5.91 Å². The highest BCUT2D eigenvalue weighted by Crippen LogP contribution is 2.52. The van der Waals surface area contributed by atoms with E-state index in [9.17, 15) is 9.90 Å². The number of thioether (sulfide) groups is 1. The van der Waals surface area contributed by atoms with Crippen LogP contribution >= 0.6 is 23.4 Å². The summed E-state index contributed by atoms with van der Waals surface area (Å²) in [6, 6.07) is 12.6. The first-order chi connectivity index (χ1) is 14.0. The Hall–Kier alpha value is -2.18. The topological polar surface area (TPSA) is 69.2 Å². The standard InChI is InChI=1S/C22H22ClN3O2S/c23-14-7-8-17-18(11-14)25-20(24-17)13-19-21(28)26(15-5-4-6-16(27)12-15)22(29-19)9-2-1-3-10-22/h4-8,11-12,19,27H,1-3,9-10,13H2,(H,24,25). The Morgan fingerprint density at radius 2 is 2.03 bits per heavy atom. The van der Waals surface area contributed by atoms with Gasteiger partial charge in [-0.15, -0.1) is 11.8 Å². The zero-order valence-electron chi connectivity index (χ0n) is 15.9. The highest BCUT2D eigenvalue weighted by atomic mass is 35.5. The van der Waals surface area contributed by atoms with E-state index in [1.54, 1.807) is 30.0 Å². The van der Waals surface area contributed by atoms with Crippen LogP contribution in [0.3, 0.4) is 0 Å². The summed E-state index contributed by atoms with van der Waals surface area (Å²) in [7, 11) is 0. The zero-order valence-corrected chi connectivity index (χ0v) is 17.5. The summed E-state index contributed by atoms with van der Waals surface area (Å²) < 4.78 is 0. The molecule has 1 spiro atoms. The second-order valence-electron chi connectivity index (χ2n) is 7.86. The van der Waals surface area contributed by atoms with E-state index >= 15 is 0 Å². The van der Waals surface area contributed by atoms with Crippen molar-refractivity contribution < 1.29 is 9.90 Å². The lowest BCUT2D eigenvalue weighted by atomic mass is 9.92. The lowest BCUT2D eigenvalue weighted by Gasteiger charge is -2.40. The van der Waals surface area contributed by atoms with E-state index in [1.807, 2.05) is 29.2 Å². The molecule has 1 aliphatic carbocycles. The number of imidazole rings is 1. The molecule has 29 heavy (non-hydrogen) atoms. The molecular formula is C22H22ClN3O2S. The molecule has 1 aliphatic heterocycles. The Morgan fingerprint density at radius 3 is 2.83 bits per heavy atom. The van der Waals surface area contributed by atoms with Gasteiger partial charge < -0.3 is 10.1 Å². The molecule has 0 radical (unpaired) electrons. The van der Waals surface area contributed by atoms with Gasteiger partial charge in [-0.2, -0.15) is 0 Å². The molecule has 1 aromatic heterocycles. The first-order valence-electron chi connectivity index (χ1n) is 9.99. The number of halogens is 1. The van der Waals surface area contributed by atoms with E-state index < -0.39 is 0 Å². The van der Waals surface area contributed by atoms with Crippen LogP contribution in [0, 0.1) is 0 Å². The molecule has 3 aromatic rings. The highest BCUT2D eigenvalue weighted by Gasteiger charge is 2.52. The third-order valence-corrected chi connectivity index (χ3v) is 7.78.